The van der Waals surface area contributed by atoms with Gasteiger partial charge in [0.05, 0.1) is 5.56 Å². The fourth-order valence-electron chi connectivity index (χ4n) is 3.10. The fraction of sp³-hybridized carbons (Fsp3) is 0.600. The van der Waals surface area contributed by atoms with Gasteiger partial charge in [-0.25, -0.2) is 9.78 Å². The summed E-state index contributed by atoms with van der Waals surface area (Å²) in [5, 5.41) is 0. The van der Waals surface area contributed by atoms with Crippen LogP contribution in [0.15, 0.2) is 18.3 Å². The third kappa shape index (κ3) is 3.75. The first-order chi connectivity index (χ1) is 8.85. The Morgan fingerprint density at radius 2 is 2.21 bits per heavy atom. The maximum absolute atomic E-state index is 13.0. The zero-order valence-corrected chi connectivity index (χ0v) is 11.6. The molecule has 0 aliphatic heterocycles. The van der Waals surface area contributed by atoms with Gasteiger partial charge in [0.25, 0.3) is 0 Å². The lowest BCUT2D eigenvalue weighted by atomic mass is 9.71. The largest absolute Gasteiger partial charge is 0.459 e. The van der Waals surface area contributed by atoms with Gasteiger partial charge in [0.15, 0.2) is 0 Å². The highest BCUT2D eigenvalue weighted by atomic mass is 19.1. The van der Waals surface area contributed by atoms with Crippen molar-refractivity contribution in [3.63, 3.8) is 0 Å². The SMILES string of the molecule is CC1CC(OC(=O)c2ccnc(F)c2)CC(C)(C)C1. The third-order valence-corrected chi connectivity index (χ3v) is 3.58. The van der Waals surface area contributed by atoms with E-state index in [1.165, 1.54) is 12.3 Å². The van der Waals surface area contributed by atoms with Gasteiger partial charge >= 0.3 is 5.97 Å². The van der Waals surface area contributed by atoms with Crippen molar-refractivity contribution in [2.45, 2.75) is 46.1 Å². The van der Waals surface area contributed by atoms with Crippen LogP contribution in [0.3, 0.4) is 0 Å². The van der Waals surface area contributed by atoms with Crippen molar-refractivity contribution in [2.75, 3.05) is 0 Å². The van der Waals surface area contributed by atoms with E-state index in [2.05, 4.69) is 25.8 Å². The second-order valence-corrected chi connectivity index (χ2v) is 6.31. The number of nitrogens with zero attached hydrogens (tertiary/aromatic N) is 1. The van der Waals surface area contributed by atoms with E-state index in [4.69, 9.17) is 4.74 Å². The molecule has 0 radical (unpaired) electrons. The van der Waals surface area contributed by atoms with Crippen LogP contribution in [0.25, 0.3) is 0 Å². The molecule has 0 aromatic carbocycles. The summed E-state index contributed by atoms with van der Waals surface area (Å²) in [6, 6.07) is 2.59. The van der Waals surface area contributed by atoms with Gasteiger partial charge in [-0.1, -0.05) is 20.8 Å². The summed E-state index contributed by atoms with van der Waals surface area (Å²) in [7, 11) is 0. The molecule has 1 aromatic heterocycles. The van der Waals surface area contributed by atoms with Crippen LogP contribution in [-0.4, -0.2) is 17.1 Å². The van der Waals surface area contributed by atoms with Crippen LogP contribution in [-0.2, 0) is 4.74 Å². The minimum atomic E-state index is -0.660. The van der Waals surface area contributed by atoms with Crippen LogP contribution >= 0.6 is 0 Å². The first-order valence-corrected chi connectivity index (χ1v) is 6.68. The van der Waals surface area contributed by atoms with Crippen LogP contribution in [0.1, 0.15) is 50.4 Å². The van der Waals surface area contributed by atoms with E-state index in [0.29, 0.717) is 5.92 Å². The highest BCUT2D eigenvalue weighted by Gasteiger charge is 2.34. The fourth-order valence-corrected chi connectivity index (χ4v) is 3.10. The first kappa shape index (κ1) is 14.0. The number of hydrogen-bond donors (Lipinski definition) is 0. The van der Waals surface area contributed by atoms with Gasteiger partial charge in [0.2, 0.25) is 5.95 Å². The monoisotopic (exact) mass is 265 g/mol. The van der Waals surface area contributed by atoms with E-state index in [0.717, 1.165) is 25.3 Å². The molecule has 0 bridgehead atoms. The van der Waals surface area contributed by atoms with E-state index in [1.807, 2.05) is 0 Å². The summed E-state index contributed by atoms with van der Waals surface area (Å²) in [6.07, 6.45) is 4.08. The quantitative estimate of drug-likeness (QED) is 0.606. The van der Waals surface area contributed by atoms with Crippen LogP contribution in [0.5, 0.6) is 0 Å². The second-order valence-electron chi connectivity index (χ2n) is 6.31. The summed E-state index contributed by atoms with van der Waals surface area (Å²) in [4.78, 5) is 15.4. The molecule has 1 aromatic rings. The molecule has 0 spiro atoms. The highest BCUT2D eigenvalue weighted by molar-refractivity contribution is 5.89. The molecule has 1 saturated carbocycles. The molecule has 0 N–H and O–H groups in total. The van der Waals surface area contributed by atoms with Gasteiger partial charge in [-0.15, -0.1) is 0 Å². The number of pyridine rings is 1. The lowest BCUT2D eigenvalue weighted by Gasteiger charge is -2.38. The van der Waals surface area contributed by atoms with E-state index >= 15 is 0 Å². The average Bonchev–Trinajstić information content (AvgIpc) is 2.25. The maximum Gasteiger partial charge on any atom is 0.338 e. The molecule has 1 heterocycles. The second kappa shape index (κ2) is 5.27. The Balaban J connectivity index is 2.03. The third-order valence-electron chi connectivity index (χ3n) is 3.58. The molecule has 0 amide bonds. The molecule has 1 aliphatic rings. The summed E-state index contributed by atoms with van der Waals surface area (Å²) in [6.45, 7) is 6.55. The predicted molar refractivity (Wildman–Crippen MR) is 70.2 cm³/mol. The van der Waals surface area contributed by atoms with E-state index in [9.17, 15) is 9.18 Å². The number of hydrogen-bond acceptors (Lipinski definition) is 3. The number of carbonyl (C=O) groups excluding carboxylic acids is 1. The van der Waals surface area contributed by atoms with Gasteiger partial charge in [-0.05, 0) is 36.7 Å². The molecule has 1 fully saturated rings. The Kier molecular flexibility index (Phi) is 3.88. The molecule has 1 aliphatic carbocycles. The predicted octanol–water partition coefficient (Wildman–Crippen LogP) is 3.59. The number of rotatable bonds is 2. The minimum absolute atomic E-state index is 0.0810. The Labute approximate surface area is 113 Å². The minimum Gasteiger partial charge on any atom is -0.459 e. The standard InChI is InChI=1S/C15H20FNO2/c1-10-6-12(9-15(2,3)8-10)19-14(18)11-4-5-17-13(16)7-11/h4-5,7,10,12H,6,8-9H2,1-3H3. The molecule has 2 atom stereocenters. The lowest BCUT2D eigenvalue weighted by molar-refractivity contribution is -0.00720. The molecule has 19 heavy (non-hydrogen) atoms. The summed E-state index contributed by atoms with van der Waals surface area (Å²) in [5.41, 5.74) is 0.412. The maximum atomic E-state index is 13.0. The van der Waals surface area contributed by atoms with Gasteiger partial charge in [0, 0.05) is 12.3 Å². The van der Waals surface area contributed by atoms with Crippen molar-refractivity contribution in [1.29, 1.82) is 0 Å². The van der Waals surface area contributed by atoms with Gasteiger partial charge in [-0.2, -0.15) is 4.39 Å². The normalized spacial score (nSPS) is 25.9. The van der Waals surface area contributed by atoms with E-state index in [-0.39, 0.29) is 17.1 Å². The summed E-state index contributed by atoms with van der Waals surface area (Å²) < 4.78 is 18.5. The van der Waals surface area contributed by atoms with Crippen molar-refractivity contribution >= 4 is 5.97 Å². The number of esters is 1. The lowest BCUT2D eigenvalue weighted by Crippen LogP contribution is -2.34. The Hall–Kier alpha value is -1.45. The first-order valence-electron chi connectivity index (χ1n) is 6.68. The summed E-state index contributed by atoms with van der Waals surface area (Å²) in [5.74, 6) is -0.585. The van der Waals surface area contributed by atoms with Crippen molar-refractivity contribution < 1.29 is 13.9 Å². The molecule has 2 rings (SSSR count). The van der Waals surface area contributed by atoms with Crippen molar-refractivity contribution in [1.82, 2.24) is 4.98 Å². The number of halogens is 1. The van der Waals surface area contributed by atoms with Crippen molar-refractivity contribution in [3.05, 3.63) is 29.8 Å². The molecule has 2 unspecified atom stereocenters. The molecular weight excluding hydrogens is 245 g/mol. The molecule has 3 nitrogen and oxygen atoms in total. The smallest absolute Gasteiger partial charge is 0.338 e. The molecular formula is C15H20FNO2. The van der Waals surface area contributed by atoms with Crippen LogP contribution in [0, 0.1) is 17.3 Å². The van der Waals surface area contributed by atoms with Crippen molar-refractivity contribution in [2.24, 2.45) is 11.3 Å². The number of carbonyl (C=O) groups is 1. The van der Waals surface area contributed by atoms with Gasteiger partial charge in [0.1, 0.15) is 6.10 Å². The van der Waals surface area contributed by atoms with Gasteiger partial charge < -0.3 is 4.74 Å². The number of aromatic nitrogens is 1. The highest BCUT2D eigenvalue weighted by Crippen LogP contribution is 2.39. The van der Waals surface area contributed by atoms with Crippen molar-refractivity contribution in [3.8, 4) is 0 Å². The van der Waals surface area contributed by atoms with Crippen LogP contribution < -0.4 is 0 Å². The Morgan fingerprint density at radius 1 is 1.47 bits per heavy atom. The molecule has 0 saturated heterocycles. The van der Waals surface area contributed by atoms with E-state index < -0.39 is 11.9 Å². The zero-order valence-electron chi connectivity index (χ0n) is 11.6. The number of ether oxygens (including phenoxy) is 1. The van der Waals surface area contributed by atoms with E-state index in [1.54, 1.807) is 0 Å². The average molecular weight is 265 g/mol. The zero-order chi connectivity index (χ0) is 14.0. The van der Waals surface area contributed by atoms with Gasteiger partial charge in [-0.3, -0.25) is 0 Å². The molecule has 104 valence electrons. The Bertz CT molecular complexity index is 473. The van der Waals surface area contributed by atoms with Crippen LogP contribution in [0.4, 0.5) is 4.39 Å². The van der Waals surface area contributed by atoms with Crippen LogP contribution in [0.2, 0.25) is 0 Å². The topological polar surface area (TPSA) is 39.2 Å². The summed E-state index contributed by atoms with van der Waals surface area (Å²) >= 11 is 0. The molecule has 4 heteroatoms. The Morgan fingerprint density at radius 3 is 2.84 bits per heavy atom.